The first-order valence-electron chi connectivity index (χ1n) is 5.71. The van der Waals surface area contributed by atoms with E-state index in [0.717, 1.165) is 19.6 Å². The fourth-order valence-corrected chi connectivity index (χ4v) is 2.98. The summed E-state index contributed by atoms with van der Waals surface area (Å²) in [5.41, 5.74) is 6.14. The molecule has 2 heterocycles. The molecule has 0 saturated carbocycles. The number of nitrogens with two attached hydrogens (primary N) is 1. The summed E-state index contributed by atoms with van der Waals surface area (Å²) in [5.74, 6) is 0. The summed E-state index contributed by atoms with van der Waals surface area (Å²) in [7, 11) is 2.14. The molecule has 0 bridgehead atoms. The minimum absolute atomic E-state index is 0.153. The maximum absolute atomic E-state index is 6.29. The summed E-state index contributed by atoms with van der Waals surface area (Å²) in [4.78, 5) is 3.71. The third-order valence-electron chi connectivity index (χ3n) is 3.31. The van der Waals surface area contributed by atoms with Crippen molar-refractivity contribution < 1.29 is 4.74 Å². The monoisotopic (exact) mass is 240 g/mol. The van der Waals surface area contributed by atoms with Gasteiger partial charge in [0.05, 0.1) is 12.1 Å². The SMILES string of the molecule is CC(c1cccs1)N(C)CC1(N)CCOC1. The van der Waals surface area contributed by atoms with E-state index in [4.69, 9.17) is 10.5 Å². The van der Waals surface area contributed by atoms with Gasteiger partial charge < -0.3 is 10.5 Å². The molecule has 2 atom stereocenters. The van der Waals surface area contributed by atoms with Crippen LogP contribution < -0.4 is 5.73 Å². The molecule has 0 spiro atoms. The maximum atomic E-state index is 6.29. The zero-order chi connectivity index (χ0) is 11.6. The van der Waals surface area contributed by atoms with Crippen molar-refractivity contribution in [2.45, 2.75) is 24.9 Å². The highest BCUT2D eigenvalue weighted by Crippen LogP contribution is 2.26. The van der Waals surface area contributed by atoms with Crippen molar-refractivity contribution in [2.75, 3.05) is 26.8 Å². The van der Waals surface area contributed by atoms with Gasteiger partial charge in [0.1, 0.15) is 0 Å². The predicted octanol–water partition coefficient (Wildman–Crippen LogP) is 1.86. The zero-order valence-corrected chi connectivity index (χ0v) is 10.8. The molecule has 0 amide bonds. The Kier molecular flexibility index (Phi) is 3.64. The van der Waals surface area contributed by atoms with E-state index < -0.39 is 0 Å². The fraction of sp³-hybridized carbons (Fsp3) is 0.667. The average Bonchev–Trinajstić information content (AvgIpc) is 2.87. The normalized spacial score (nSPS) is 27.5. The van der Waals surface area contributed by atoms with E-state index in [1.165, 1.54) is 4.88 Å². The molecular weight excluding hydrogens is 220 g/mol. The number of hydrogen-bond donors (Lipinski definition) is 1. The van der Waals surface area contributed by atoms with Crippen LogP contribution in [0.3, 0.4) is 0 Å². The molecule has 1 saturated heterocycles. The van der Waals surface area contributed by atoms with Gasteiger partial charge in [-0.05, 0) is 31.8 Å². The van der Waals surface area contributed by atoms with E-state index >= 15 is 0 Å². The Morgan fingerprint density at radius 2 is 2.50 bits per heavy atom. The molecule has 0 radical (unpaired) electrons. The highest BCUT2D eigenvalue weighted by Gasteiger charge is 2.32. The molecule has 4 heteroatoms. The molecule has 2 N–H and O–H groups in total. The van der Waals surface area contributed by atoms with Gasteiger partial charge in [-0.3, -0.25) is 4.90 Å². The lowest BCUT2D eigenvalue weighted by atomic mass is 9.99. The molecule has 1 fully saturated rings. The van der Waals surface area contributed by atoms with E-state index in [-0.39, 0.29) is 5.54 Å². The van der Waals surface area contributed by atoms with Crippen molar-refractivity contribution in [3.63, 3.8) is 0 Å². The van der Waals surface area contributed by atoms with Gasteiger partial charge in [0.15, 0.2) is 0 Å². The molecular formula is C12H20N2OS. The molecule has 90 valence electrons. The Balaban J connectivity index is 1.95. The van der Waals surface area contributed by atoms with Gasteiger partial charge in [0.2, 0.25) is 0 Å². The Morgan fingerprint density at radius 1 is 1.69 bits per heavy atom. The van der Waals surface area contributed by atoms with Crippen molar-refractivity contribution in [3.8, 4) is 0 Å². The van der Waals surface area contributed by atoms with Gasteiger partial charge in [0.25, 0.3) is 0 Å². The van der Waals surface area contributed by atoms with Gasteiger partial charge >= 0.3 is 0 Å². The van der Waals surface area contributed by atoms with Gasteiger partial charge in [-0.1, -0.05) is 6.07 Å². The highest BCUT2D eigenvalue weighted by atomic mass is 32.1. The number of nitrogens with zero attached hydrogens (tertiary/aromatic N) is 1. The van der Waals surface area contributed by atoms with Crippen LogP contribution in [-0.4, -0.2) is 37.2 Å². The molecule has 16 heavy (non-hydrogen) atoms. The lowest BCUT2D eigenvalue weighted by Gasteiger charge is -2.32. The first-order valence-corrected chi connectivity index (χ1v) is 6.59. The Bertz CT molecular complexity index is 320. The summed E-state index contributed by atoms with van der Waals surface area (Å²) in [6, 6.07) is 4.71. The fourth-order valence-electron chi connectivity index (χ4n) is 2.13. The van der Waals surface area contributed by atoms with Crippen LogP contribution >= 0.6 is 11.3 Å². The molecule has 1 aliphatic heterocycles. The summed E-state index contributed by atoms with van der Waals surface area (Å²) in [5, 5.41) is 2.12. The molecule has 1 aromatic heterocycles. The number of ether oxygens (including phenoxy) is 1. The zero-order valence-electron chi connectivity index (χ0n) is 9.98. The molecule has 0 aromatic carbocycles. The molecule has 2 unspecified atom stereocenters. The van der Waals surface area contributed by atoms with Crippen molar-refractivity contribution >= 4 is 11.3 Å². The third kappa shape index (κ3) is 2.63. The van der Waals surface area contributed by atoms with Gasteiger partial charge in [-0.15, -0.1) is 11.3 Å². The molecule has 2 rings (SSSR count). The van der Waals surface area contributed by atoms with Crippen LogP contribution in [0.4, 0.5) is 0 Å². The Morgan fingerprint density at radius 3 is 3.06 bits per heavy atom. The first-order chi connectivity index (χ1) is 7.61. The van der Waals surface area contributed by atoms with Gasteiger partial charge in [0, 0.05) is 24.1 Å². The van der Waals surface area contributed by atoms with Crippen molar-refractivity contribution in [1.29, 1.82) is 0 Å². The Hall–Kier alpha value is -0.420. The summed E-state index contributed by atoms with van der Waals surface area (Å²) < 4.78 is 5.38. The smallest absolute Gasteiger partial charge is 0.0659 e. The van der Waals surface area contributed by atoms with Crippen LogP contribution in [0, 0.1) is 0 Å². The summed E-state index contributed by atoms with van der Waals surface area (Å²) >= 11 is 1.80. The lowest BCUT2D eigenvalue weighted by molar-refractivity contribution is 0.149. The third-order valence-corrected chi connectivity index (χ3v) is 4.36. The number of likely N-dealkylation sites (N-methyl/N-ethyl adjacent to an activating group) is 1. The first kappa shape index (κ1) is 12.0. The average molecular weight is 240 g/mol. The summed E-state index contributed by atoms with van der Waals surface area (Å²) in [6.45, 7) is 4.61. The van der Waals surface area contributed by atoms with Gasteiger partial charge in [-0.2, -0.15) is 0 Å². The molecule has 0 aliphatic carbocycles. The van der Waals surface area contributed by atoms with Crippen LogP contribution in [0.2, 0.25) is 0 Å². The second kappa shape index (κ2) is 4.84. The van der Waals surface area contributed by atoms with Crippen LogP contribution in [-0.2, 0) is 4.74 Å². The van der Waals surface area contributed by atoms with E-state index in [1.807, 2.05) is 0 Å². The van der Waals surface area contributed by atoms with E-state index in [2.05, 4.69) is 36.4 Å². The second-order valence-corrected chi connectivity index (χ2v) is 5.75. The van der Waals surface area contributed by atoms with Crippen LogP contribution in [0.5, 0.6) is 0 Å². The standard InChI is InChI=1S/C12H20N2OS/c1-10(11-4-3-7-16-11)14(2)8-12(13)5-6-15-9-12/h3-4,7,10H,5-6,8-9,13H2,1-2H3. The molecule has 1 aromatic rings. The van der Waals surface area contributed by atoms with Gasteiger partial charge in [-0.25, -0.2) is 0 Å². The van der Waals surface area contributed by atoms with E-state index in [1.54, 1.807) is 11.3 Å². The highest BCUT2D eigenvalue weighted by molar-refractivity contribution is 7.10. The van der Waals surface area contributed by atoms with E-state index in [9.17, 15) is 0 Å². The predicted molar refractivity (Wildman–Crippen MR) is 67.7 cm³/mol. The van der Waals surface area contributed by atoms with E-state index in [0.29, 0.717) is 12.6 Å². The van der Waals surface area contributed by atoms with Crippen molar-refractivity contribution in [1.82, 2.24) is 4.90 Å². The largest absolute Gasteiger partial charge is 0.379 e. The van der Waals surface area contributed by atoms with Crippen LogP contribution in [0.15, 0.2) is 17.5 Å². The van der Waals surface area contributed by atoms with Crippen molar-refractivity contribution in [3.05, 3.63) is 22.4 Å². The molecule has 1 aliphatic rings. The van der Waals surface area contributed by atoms with Crippen LogP contribution in [0.25, 0.3) is 0 Å². The Labute approximate surface area is 101 Å². The summed E-state index contributed by atoms with van der Waals surface area (Å²) in [6.07, 6.45) is 0.967. The number of rotatable bonds is 4. The lowest BCUT2D eigenvalue weighted by Crippen LogP contribution is -2.50. The van der Waals surface area contributed by atoms with Crippen LogP contribution in [0.1, 0.15) is 24.3 Å². The number of thiophene rings is 1. The minimum Gasteiger partial charge on any atom is -0.379 e. The number of hydrogen-bond acceptors (Lipinski definition) is 4. The second-order valence-electron chi connectivity index (χ2n) is 4.77. The quantitative estimate of drug-likeness (QED) is 0.873. The van der Waals surface area contributed by atoms with Crippen molar-refractivity contribution in [2.24, 2.45) is 5.73 Å². The maximum Gasteiger partial charge on any atom is 0.0659 e. The molecule has 3 nitrogen and oxygen atoms in total. The minimum atomic E-state index is -0.153. The topological polar surface area (TPSA) is 38.5 Å².